The van der Waals surface area contributed by atoms with Gasteiger partial charge in [-0.3, -0.25) is 0 Å². The zero-order valence-corrected chi connectivity index (χ0v) is 10.0. The molecule has 0 fully saturated rings. The second-order valence-electron chi connectivity index (χ2n) is 4.30. The fourth-order valence-corrected chi connectivity index (χ4v) is 2.10. The Bertz CT molecular complexity index is 434. The van der Waals surface area contributed by atoms with Crippen LogP contribution in [0, 0.1) is 5.82 Å². The van der Waals surface area contributed by atoms with Gasteiger partial charge in [-0.25, -0.2) is 9.37 Å². The van der Waals surface area contributed by atoms with Gasteiger partial charge < -0.3 is 4.57 Å². The highest BCUT2D eigenvalue weighted by atomic mass is 19.1. The summed E-state index contributed by atoms with van der Waals surface area (Å²) in [4.78, 5) is 4.05. The molecule has 1 atom stereocenters. The van der Waals surface area contributed by atoms with Crippen molar-refractivity contribution in [3.05, 3.63) is 54.4 Å². The van der Waals surface area contributed by atoms with E-state index in [1.807, 2.05) is 24.7 Å². The zero-order valence-electron chi connectivity index (χ0n) is 10.0. The van der Waals surface area contributed by atoms with E-state index in [-0.39, 0.29) is 5.82 Å². The van der Waals surface area contributed by atoms with Crippen LogP contribution in [0.5, 0.6) is 0 Å². The average molecular weight is 232 g/mol. The Labute approximate surface area is 101 Å². The van der Waals surface area contributed by atoms with Crippen molar-refractivity contribution < 1.29 is 4.39 Å². The standard InChI is InChI=1S/C14H17FN2/c1-2-3-13(10-17-9-8-16-11-17)12-4-6-14(15)7-5-12/h4-9,11,13H,2-3,10H2,1H3. The molecular weight excluding hydrogens is 215 g/mol. The summed E-state index contributed by atoms with van der Waals surface area (Å²) < 4.78 is 15.0. The highest BCUT2D eigenvalue weighted by molar-refractivity contribution is 5.20. The molecular formula is C14H17FN2. The van der Waals surface area contributed by atoms with Crippen LogP contribution < -0.4 is 0 Å². The predicted octanol–water partition coefficient (Wildman–Crippen LogP) is 3.61. The molecule has 1 heterocycles. The van der Waals surface area contributed by atoms with Crippen molar-refractivity contribution in [3.8, 4) is 0 Å². The molecule has 3 heteroatoms. The first kappa shape index (κ1) is 11.8. The van der Waals surface area contributed by atoms with Crippen molar-refractivity contribution >= 4 is 0 Å². The summed E-state index contributed by atoms with van der Waals surface area (Å²) >= 11 is 0. The minimum absolute atomic E-state index is 0.174. The van der Waals surface area contributed by atoms with Gasteiger partial charge in [-0.05, 0) is 24.1 Å². The van der Waals surface area contributed by atoms with Crippen LogP contribution in [0.15, 0.2) is 43.0 Å². The van der Waals surface area contributed by atoms with Crippen molar-refractivity contribution in [1.29, 1.82) is 0 Å². The average Bonchev–Trinajstić information content (AvgIpc) is 2.82. The topological polar surface area (TPSA) is 17.8 Å². The van der Waals surface area contributed by atoms with Crippen molar-refractivity contribution in [2.24, 2.45) is 0 Å². The van der Waals surface area contributed by atoms with E-state index in [4.69, 9.17) is 0 Å². The van der Waals surface area contributed by atoms with Gasteiger partial charge in [0.1, 0.15) is 5.82 Å². The molecule has 2 aromatic rings. The Hall–Kier alpha value is -1.64. The van der Waals surface area contributed by atoms with Crippen LogP contribution in [0.3, 0.4) is 0 Å². The number of imidazole rings is 1. The Balaban J connectivity index is 2.13. The molecule has 2 nitrogen and oxygen atoms in total. The molecule has 0 saturated carbocycles. The van der Waals surface area contributed by atoms with E-state index in [1.165, 1.54) is 17.7 Å². The monoisotopic (exact) mass is 232 g/mol. The molecule has 0 spiro atoms. The fraction of sp³-hybridized carbons (Fsp3) is 0.357. The molecule has 2 rings (SSSR count). The van der Waals surface area contributed by atoms with Gasteiger partial charge in [0.15, 0.2) is 0 Å². The van der Waals surface area contributed by atoms with Gasteiger partial charge in [-0.1, -0.05) is 25.5 Å². The minimum atomic E-state index is -0.174. The summed E-state index contributed by atoms with van der Waals surface area (Å²) in [6.07, 6.45) is 7.80. The van der Waals surface area contributed by atoms with Gasteiger partial charge in [0.2, 0.25) is 0 Å². The summed E-state index contributed by atoms with van der Waals surface area (Å²) in [5, 5.41) is 0. The smallest absolute Gasteiger partial charge is 0.123 e. The Morgan fingerprint density at radius 2 is 2.06 bits per heavy atom. The summed E-state index contributed by atoms with van der Waals surface area (Å²) in [7, 11) is 0. The lowest BCUT2D eigenvalue weighted by Crippen LogP contribution is -2.08. The lowest BCUT2D eigenvalue weighted by atomic mass is 9.94. The van der Waals surface area contributed by atoms with E-state index in [9.17, 15) is 4.39 Å². The first-order valence-corrected chi connectivity index (χ1v) is 6.00. The molecule has 0 bridgehead atoms. The van der Waals surface area contributed by atoms with Crippen LogP contribution in [0.1, 0.15) is 31.2 Å². The SMILES string of the molecule is CCCC(Cn1ccnc1)c1ccc(F)cc1. The summed E-state index contributed by atoms with van der Waals surface area (Å²) in [5.41, 5.74) is 1.20. The van der Waals surface area contributed by atoms with Crippen LogP contribution in [-0.4, -0.2) is 9.55 Å². The second kappa shape index (κ2) is 5.62. The lowest BCUT2D eigenvalue weighted by molar-refractivity contribution is 0.517. The van der Waals surface area contributed by atoms with Crippen LogP contribution in [0.4, 0.5) is 4.39 Å². The van der Waals surface area contributed by atoms with Crippen molar-refractivity contribution in [2.75, 3.05) is 0 Å². The molecule has 0 N–H and O–H groups in total. The normalized spacial score (nSPS) is 12.6. The van der Waals surface area contributed by atoms with Gasteiger partial charge >= 0.3 is 0 Å². The number of aromatic nitrogens is 2. The van der Waals surface area contributed by atoms with Gasteiger partial charge in [0, 0.05) is 24.9 Å². The number of halogens is 1. The molecule has 1 aromatic carbocycles. The predicted molar refractivity (Wildman–Crippen MR) is 66.3 cm³/mol. The summed E-state index contributed by atoms with van der Waals surface area (Å²) in [6, 6.07) is 6.83. The maximum absolute atomic E-state index is 12.9. The third-order valence-electron chi connectivity index (χ3n) is 2.97. The van der Waals surface area contributed by atoms with Crippen LogP contribution >= 0.6 is 0 Å². The molecule has 0 radical (unpaired) electrons. The van der Waals surface area contributed by atoms with Crippen molar-refractivity contribution in [3.63, 3.8) is 0 Å². The van der Waals surface area contributed by atoms with Gasteiger partial charge in [0.25, 0.3) is 0 Å². The molecule has 0 aliphatic carbocycles. The van der Waals surface area contributed by atoms with E-state index < -0.39 is 0 Å². The first-order chi connectivity index (χ1) is 8.29. The van der Waals surface area contributed by atoms with E-state index in [1.54, 1.807) is 6.20 Å². The molecule has 0 amide bonds. The Kier molecular flexibility index (Phi) is 3.91. The Morgan fingerprint density at radius 1 is 1.29 bits per heavy atom. The minimum Gasteiger partial charge on any atom is -0.337 e. The van der Waals surface area contributed by atoms with Crippen molar-refractivity contribution in [1.82, 2.24) is 9.55 Å². The lowest BCUT2D eigenvalue weighted by Gasteiger charge is -2.17. The van der Waals surface area contributed by atoms with Crippen molar-refractivity contribution in [2.45, 2.75) is 32.2 Å². The molecule has 90 valence electrons. The highest BCUT2D eigenvalue weighted by Crippen LogP contribution is 2.23. The number of nitrogens with zero attached hydrogens (tertiary/aromatic N) is 2. The van der Waals surface area contributed by atoms with Crippen LogP contribution in [0.2, 0.25) is 0 Å². The highest BCUT2D eigenvalue weighted by Gasteiger charge is 2.11. The second-order valence-corrected chi connectivity index (χ2v) is 4.30. The number of rotatable bonds is 5. The summed E-state index contributed by atoms with van der Waals surface area (Å²) in [6.45, 7) is 3.07. The first-order valence-electron chi connectivity index (χ1n) is 6.00. The zero-order chi connectivity index (χ0) is 12.1. The Morgan fingerprint density at radius 3 is 2.65 bits per heavy atom. The van der Waals surface area contributed by atoms with Crippen LogP contribution in [-0.2, 0) is 6.54 Å². The molecule has 1 unspecified atom stereocenters. The molecule has 0 aliphatic heterocycles. The van der Waals surface area contributed by atoms with E-state index in [0.717, 1.165) is 19.4 Å². The molecule has 1 aromatic heterocycles. The third kappa shape index (κ3) is 3.16. The maximum atomic E-state index is 12.9. The van der Waals surface area contributed by atoms with E-state index in [0.29, 0.717) is 5.92 Å². The summed E-state index contributed by atoms with van der Waals surface area (Å²) in [5.74, 6) is 0.251. The number of hydrogen-bond acceptors (Lipinski definition) is 1. The molecule has 0 saturated heterocycles. The maximum Gasteiger partial charge on any atom is 0.123 e. The van der Waals surface area contributed by atoms with E-state index in [2.05, 4.69) is 16.5 Å². The molecule has 17 heavy (non-hydrogen) atoms. The van der Waals surface area contributed by atoms with Crippen LogP contribution in [0.25, 0.3) is 0 Å². The van der Waals surface area contributed by atoms with Gasteiger partial charge in [-0.15, -0.1) is 0 Å². The quantitative estimate of drug-likeness (QED) is 0.770. The number of hydrogen-bond donors (Lipinski definition) is 0. The fourth-order valence-electron chi connectivity index (χ4n) is 2.10. The van der Waals surface area contributed by atoms with Gasteiger partial charge in [-0.2, -0.15) is 0 Å². The van der Waals surface area contributed by atoms with E-state index >= 15 is 0 Å². The van der Waals surface area contributed by atoms with Gasteiger partial charge in [0.05, 0.1) is 6.33 Å². The number of benzene rings is 1. The largest absolute Gasteiger partial charge is 0.337 e. The third-order valence-corrected chi connectivity index (χ3v) is 2.97. The molecule has 0 aliphatic rings.